The van der Waals surface area contributed by atoms with Gasteiger partial charge in [0.1, 0.15) is 5.52 Å². The molecule has 1 saturated heterocycles. The van der Waals surface area contributed by atoms with Crippen LogP contribution in [0.25, 0.3) is 10.9 Å². The molecule has 0 spiro atoms. The van der Waals surface area contributed by atoms with Crippen LogP contribution in [0.2, 0.25) is 5.02 Å². The molecule has 1 aromatic carbocycles. The lowest BCUT2D eigenvalue weighted by Gasteiger charge is -2.34. The van der Waals surface area contributed by atoms with E-state index in [1.54, 1.807) is 12.1 Å². The van der Waals surface area contributed by atoms with Crippen molar-refractivity contribution in [2.45, 2.75) is 19.8 Å². The lowest BCUT2D eigenvalue weighted by Crippen LogP contribution is -2.41. The third-order valence-corrected chi connectivity index (χ3v) is 5.72. The van der Waals surface area contributed by atoms with Gasteiger partial charge in [-0.05, 0) is 61.6 Å². The molecule has 1 aliphatic rings. The molecule has 28 heavy (non-hydrogen) atoms. The highest BCUT2D eigenvalue weighted by Gasteiger charge is 2.23. The number of halogens is 1. The van der Waals surface area contributed by atoms with E-state index in [2.05, 4.69) is 26.3 Å². The van der Waals surface area contributed by atoms with E-state index in [1.807, 2.05) is 37.5 Å². The predicted molar refractivity (Wildman–Crippen MR) is 113 cm³/mol. The van der Waals surface area contributed by atoms with Gasteiger partial charge in [0.25, 0.3) is 5.91 Å². The Morgan fingerprint density at radius 1 is 1.25 bits per heavy atom. The number of rotatable bonds is 4. The van der Waals surface area contributed by atoms with Crippen LogP contribution in [0.1, 0.15) is 28.8 Å². The van der Waals surface area contributed by atoms with Gasteiger partial charge in [0.2, 0.25) is 0 Å². The second-order valence-electron chi connectivity index (χ2n) is 7.34. The average Bonchev–Trinajstić information content (AvgIpc) is 2.73. The third-order valence-electron chi connectivity index (χ3n) is 5.29. The number of benzene rings is 1. The van der Waals surface area contributed by atoms with Crippen LogP contribution in [0.5, 0.6) is 0 Å². The number of carbonyl (C=O) groups excluding carboxylic acids is 1. The Hall–Kier alpha value is -2.66. The summed E-state index contributed by atoms with van der Waals surface area (Å²) in [6, 6.07) is 11.4. The zero-order valence-corrected chi connectivity index (χ0v) is 16.6. The van der Waals surface area contributed by atoms with Crippen LogP contribution in [0.15, 0.2) is 48.8 Å². The minimum atomic E-state index is -0.0538. The maximum atomic E-state index is 12.5. The Balaban J connectivity index is 1.42. The summed E-state index contributed by atoms with van der Waals surface area (Å²) in [5.74, 6) is 1.26. The highest BCUT2D eigenvalue weighted by atomic mass is 35.5. The summed E-state index contributed by atoms with van der Waals surface area (Å²) in [5, 5.41) is 4.85. The van der Waals surface area contributed by atoms with Gasteiger partial charge in [-0.1, -0.05) is 17.7 Å². The Morgan fingerprint density at radius 2 is 2.14 bits per heavy atom. The molecule has 4 rings (SSSR count). The van der Waals surface area contributed by atoms with Crippen molar-refractivity contribution >= 4 is 34.2 Å². The van der Waals surface area contributed by atoms with Crippen LogP contribution < -0.4 is 10.2 Å². The molecule has 0 aliphatic carbocycles. The highest BCUT2D eigenvalue weighted by molar-refractivity contribution is 6.31. The summed E-state index contributed by atoms with van der Waals surface area (Å²) in [4.78, 5) is 23.9. The molecule has 1 N–H and O–H groups in total. The number of hydrogen-bond acceptors (Lipinski definition) is 4. The Labute approximate surface area is 169 Å². The van der Waals surface area contributed by atoms with Crippen molar-refractivity contribution < 1.29 is 4.79 Å². The van der Waals surface area contributed by atoms with Gasteiger partial charge in [-0.25, -0.2) is 4.98 Å². The third kappa shape index (κ3) is 3.94. The lowest BCUT2D eigenvalue weighted by atomic mass is 9.97. The first-order valence-electron chi connectivity index (χ1n) is 9.61. The molecule has 0 bridgehead atoms. The molecule has 0 radical (unpaired) electrons. The Bertz CT molecular complexity index is 1000. The molecule has 1 fully saturated rings. The molecular formula is C22H23ClN4O. The van der Waals surface area contributed by atoms with Crippen molar-refractivity contribution in [3.05, 3.63) is 64.9 Å². The first-order chi connectivity index (χ1) is 13.6. The van der Waals surface area contributed by atoms with Gasteiger partial charge in [0, 0.05) is 48.0 Å². The van der Waals surface area contributed by atoms with Crippen molar-refractivity contribution in [3.8, 4) is 0 Å². The van der Waals surface area contributed by atoms with Gasteiger partial charge < -0.3 is 10.2 Å². The monoisotopic (exact) mass is 394 g/mol. The van der Waals surface area contributed by atoms with E-state index in [4.69, 9.17) is 11.6 Å². The summed E-state index contributed by atoms with van der Waals surface area (Å²) < 4.78 is 0. The van der Waals surface area contributed by atoms with Crippen molar-refractivity contribution in [2.75, 3.05) is 24.5 Å². The van der Waals surface area contributed by atoms with E-state index >= 15 is 0 Å². The number of nitrogens with one attached hydrogen (secondary N) is 1. The van der Waals surface area contributed by atoms with Gasteiger partial charge in [-0.2, -0.15) is 0 Å². The second-order valence-corrected chi connectivity index (χ2v) is 7.75. The minimum Gasteiger partial charge on any atom is -0.354 e. The van der Waals surface area contributed by atoms with Gasteiger partial charge in [0.05, 0.1) is 0 Å². The first kappa shape index (κ1) is 18.7. The molecule has 3 aromatic rings. The fourth-order valence-electron chi connectivity index (χ4n) is 3.77. The number of piperidine rings is 1. The number of fused-ring (bicyclic) bond motifs is 1. The maximum Gasteiger partial charge on any atom is 0.251 e. The number of hydrogen-bond donors (Lipinski definition) is 1. The van der Waals surface area contributed by atoms with E-state index in [-0.39, 0.29) is 5.91 Å². The van der Waals surface area contributed by atoms with Crippen molar-refractivity contribution in [3.63, 3.8) is 0 Å². The Kier molecular flexibility index (Phi) is 5.44. The average molecular weight is 395 g/mol. The lowest BCUT2D eigenvalue weighted by molar-refractivity contribution is 0.0945. The molecule has 6 heteroatoms. The quantitative estimate of drug-likeness (QED) is 0.719. The SMILES string of the molecule is Cc1cc(C(=O)NCC2CCCN(c3nccc4cccnc34)C2)ccc1Cl. The molecular weight excluding hydrogens is 372 g/mol. The molecule has 1 unspecified atom stereocenters. The van der Waals surface area contributed by atoms with Crippen LogP contribution in [0.4, 0.5) is 5.82 Å². The molecule has 1 aliphatic heterocycles. The smallest absolute Gasteiger partial charge is 0.251 e. The number of aryl methyl sites for hydroxylation is 1. The predicted octanol–water partition coefficient (Wildman–Crippen LogP) is 4.24. The minimum absolute atomic E-state index is 0.0538. The summed E-state index contributed by atoms with van der Waals surface area (Å²) in [6.07, 6.45) is 5.82. The molecule has 2 aromatic heterocycles. The molecule has 0 saturated carbocycles. The molecule has 1 atom stereocenters. The molecule has 3 heterocycles. The maximum absolute atomic E-state index is 12.5. The van der Waals surface area contributed by atoms with E-state index in [1.165, 1.54) is 0 Å². The first-order valence-corrected chi connectivity index (χ1v) is 9.98. The summed E-state index contributed by atoms with van der Waals surface area (Å²) in [7, 11) is 0. The summed E-state index contributed by atoms with van der Waals surface area (Å²) >= 11 is 6.05. The topological polar surface area (TPSA) is 58.1 Å². The normalized spacial score (nSPS) is 16.9. The van der Waals surface area contributed by atoms with Gasteiger partial charge in [0.15, 0.2) is 5.82 Å². The number of pyridine rings is 2. The van der Waals surface area contributed by atoms with Crippen LogP contribution in [0, 0.1) is 12.8 Å². The number of amides is 1. The van der Waals surface area contributed by atoms with E-state index < -0.39 is 0 Å². The fraction of sp³-hybridized carbons (Fsp3) is 0.318. The standard InChI is InChI=1S/C22H23ClN4O/c1-15-12-18(6-7-19(15)23)22(28)26-13-16-4-3-11-27(14-16)21-20-17(8-10-25-21)5-2-9-24-20/h2,5-10,12,16H,3-4,11,13-14H2,1H3,(H,26,28). The largest absolute Gasteiger partial charge is 0.354 e. The highest BCUT2D eigenvalue weighted by Crippen LogP contribution is 2.26. The van der Waals surface area contributed by atoms with Crippen molar-refractivity contribution in [1.29, 1.82) is 0 Å². The van der Waals surface area contributed by atoms with Gasteiger partial charge in [-0.15, -0.1) is 0 Å². The zero-order valence-electron chi connectivity index (χ0n) is 15.9. The summed E-state index contributed by atoms with van der Waals surface area (Å²) in [6.45, 7) is 4.38. The van der Waals surface area contributed by atoms with E-state index in [0.717, 1.165) is 48.2 Å². The number of nitrogens with zero attached hydrogens (tertiary/aromatic N) is 3. The molecule has 5 nitrogen and oxygen atoms in total. The van der Waals surface area contributed by atoms with Crippen molar-refractivity contribution in [1.82, 2.24) is 15.3 Å². The summed E-state index contributed by atoms with van der Waals surface area (Å²) in [5.41, 5.74) is 2.49. The Morgan fingerprint density at radius 3 is 3.00 bits per heavy atom. The fourth-order valence-corrected chi connectivity index (χ4v) is 3.89. The van der Waals surface area contributed by atoms with Crippen LogP contribution in [-0.4, -0.2) is 35.5 Å². The van der Waals surface area contributed by atoms with Gasteiger partial charge in [-0.3, -0.25) is 9.78 Å². The number of anilines is 1. The van der Waals surface area contributed by atoms with Crippen LogP contribution >= 0.6 is 11.6 Å². The number of aromatic nitrogens is 2. The van der Waals surface area contributed by atoms with Crippen molar-refractivity contribution in [2.24, 2.45) is 5.92 Å². The molecule has 1 amide bonds. The van der Waals surface area contributed by atoms with Crippen LogP contribution in [-0.2, 0) is 0 Å². The van der Waals surface area contributed by atoms with E-state index in [0.29, 0.717) is 23.0 Å². The van der Waals surface area contributed by atoms with E-state index in [9.17, 15) is 4.79 Å². The van der Waals surface area contributed by atoms with Crippen LogP contribution in [0.3, 0.4) is 0 Å². The van der Waals surface area contributed by atoms with Gasteiger partial charge >= 0.3 is 0 Å². The number of carbonyl (C=O) groups is 1. The second kappa shape index (κ2) is 8.15. The zero-order chi connectivity index (χ0) is 19.5. The molecule has 144 valence electrons.